The Kier molecular flexibility index (Phi) is 3.35. The van der Waals surface area contributed by atoms with Gasteiger partial charge in [0.1, 0.15) is 0 Å². The van der Waals surface area contributed by atoms with E-state index in [0.717, 1.165) is 30.8 Å². The fourth-order valence-electron chi connectivity index (χ4n) is 2.56. The molecule has 18 heavy (non-hydrogen) atoms. The van der Waals surface area contributed by atoms with Crippen LogP contribution >= 0.6 is 11.6 Å². The molecule has 4 heteroatoms. The zero-order valence-corrected chi connectivity index (χ0v) is 10.9. The Morgan fingerprint density at radius 2 is 2.22 bits per heavy atom. The molecule has 0 radical (unpaired) electrons. The van der Waals surface area contributed by atoms with Crippen molar-refractivity contribution in [3.8, 4) is 0 Å². The number of imidazole rings is 1. The van der Waals surface area contributed by atoms with Crippen LogP contribution in [-0.4, -0.2) is 22.6 Å². The lowest BCUT2D eigenvalue weighted by Crippen LogP contribution is -2.31. The first-order valence-corrected chi connectivity index (χ1v) is 6.67. The first-order valence-electron chi connectivity index (χ1n) is 6.29. The predicted molar refractivity (Wildman–Crippen MR) is 72.9 cm³/mol. The van der Waals surface area contributed by atoms with Crippen LogP contribution in [0.2, 0.25) is 5.02 Å². The molecule has 0 bridgehead atoms. The van der Waals surface area contributed by atoms with E-state index in [4.69, 9.17) is 11.6 Å². The van der Waals surface area contributed by atoms with Gasteiger partial charge in [0.05, 0.1) is 6.33 Å². The molecular formula is C14H16ClN3. The molecule has 2 N–H and O–H groups in total. The number of halogens is 1. The van der Waals surface area contributed by atoms with Crippen LogP contribution < -0.4 is 5.32 Å². The van der Waals surface area contributed by atoms with Gasteiger partial charge in [-0.25, -0.2) is 4.98 Å². The second-order valence-electron chi connectivity index (χ2n) is 4.80. The molecule has 0 amide bonds. The van der Waals surface area contributed by atoms with Gasteiger partial charge in [-0.2, -0.15) is 0 Å². The van der Waals surface area contributed by atoms with Gasteiger partial charge in [0.2, 0.25) is 0 Å². The van der Waals surface area contributed by atoms with Crippen molar-refractivity contribution < 1.29 is 0 Å². The van der Waals surface area contributed by atoms with Crippen molar-refractivity contribution in [3.05, 3.63) is 52.6 Å². The molecule has 0 spiro atoms. The minimum Gasteiger partial charge on any atom is -0.348 e. The Morgan fingerprint density at radius 3 is 3.06 bits per heavy atom. The Labute approximate surface area is 112 Å². The van der Waals surface area contributed by atoms with Gasteiger partial charge in [-0.3, -0.25) is 0 Å². The van der Waals surface area contributed by atoms with E-state index in [-0.39, 0.29) is 0 Å². The molecule has 0 aliphatic heterocycles. The number of H-pyrrole nitrogens is 1. The molecule has 1 aromatic heterocycles. The number of nitrogens with one attached hydrogen (secondary N) is 2. The van der Waals surface area contributed by atoms with Gasteiger partial charge in [0, 0.05) is 35.9 Å². The van der Waals surface area contributed by atoms with Crippen LogP contribution in [0.4, 0.5) is 0 Å². The lowest BCUT2D eigenvalue weighted by molar-refractivity contribution is 0.534. The van der Waals surface area contributed by atoms with Crippen molar-refractivity contribution in [1.82, 2.24) is 15.3 Å². The normalized spacial score (nSPS) is 17.9. The van der Waals surface area contributed by atoms with E-state index < -0.39 is 0 Å². The summed E-state index contributed by atoms with van der Waals surface area (Å²) in [7, 11) is 0. The number of aromatic amines is 1. The van der Waals surface area contributed by atoms with Crippen LogP contribution in [0, 0.1) is 0 Å². The van der Waals surface area contributed by atoms with Crippen LogP contribution in [0.3, 0.4) is 0 Å². The quantitative estimate of drug-likeness (QED) is 0.887. The molecule has 3 nitrogen and oxygen atoms in total. The number of fused-ring (bicyclic) bond motifs is 1. The van der Waals surface area contributed by atoms with Gasteiger partial charge in [-0.15, -0.1) is 0 Å². The average Bonchev–Trinajstić information content (AvgIpc) is 2.97. The fourth-order valence-corrected chi connectivity index (χ4v) is 2.76. The smallest absolute Gasteiger partial charge is 0.0921 e. The number of hydrogen-bond acceptors (Lipinski definition) is 2. The Hall–Kier alpha value is -1.32. The van der Waals surface area contributed by atoms with Crippen LogP contribution in [0.15, 0.2) is 30.7 Å². The standard InChI is InChI=1S/C14H16ClN3/c15-12-2-1-10-6-14(7-11(10)5-12)17-4-3-13-8-16-9-18-13/h1-2,5,8-9,14,17H,3-4,6-7H2,(H,16,18). The van der Waals surface area contributed by atoms with E-state index in [9.17, 15) is 0 Å². The highest BCUT2D eigenvalue weighted by Gasteiger charge is 2.20. The topological polar surface area (TPSA) is 40.7 Å². The molecule has 1 heterocycles. The molecule has 1 aliphatic carbocycles. The van der Waals surface area contributed by atoms with E-state index in [0.29, 0.717) is 6.04 Å². The molecule has 1 aliphatic rings. The zero-order valence-electron chi connectivity index (χ0n) is 10.1. The molecular weight excluding hydrogens is 246 g/mol. The Morgan fingerprint density at radius 1 is 1.33 bits per heavy atom. The van der Waals surface area contributed by atoms with Crippen LogP contribution in [0.5, 0.6) is 0 Å². The molecule has 1 atom stereocenters. The zero-order chi connectivity index (χ0) is 12.4. The maximum atomic E-state index is 6.01. The summed E-state index contributed by atoms with van der Waals surface area (Å²) in [6.45, 7) is 0.981. The number of rotatable bonds is 4. The third-order valence-electron chi connectivity index (χ3n) is 3.48. The molecule has 3 rings (SSSR count). The van der Waals surface area contributed by atoms with E-state index in [1.165, 1.54) is 16.8 Å². The highest BCUT2D eigenvalue weighted by atomic mass is 35.5. The summed E-state index contributed by atoms with van der Waals surface area (Å²) in [5.74, 6) is 0. The average molecular weight is 262 g/mol. The number of hydrogen-bond donors (Lipinski definition) is 2. The van der Waals surface area contributed by atoms with E-state index >= 15 is 0 Å². The summed E-state index contributed by atoms with van der Waals surface area (Å²) in [5, 5.41) is 4.44. The molecule has 0 fully saturated rings. The highest BCUT2D eigenvalue weighted by molar-refractivity contribution is 6.30. The molecule has 1 aromatic carbocycles. The van der Waals surface area contributed by atoms with Gasteiger partial charge >= 0.3 is 0 Å². The minimum atomic E-state index is 0.543. The van der Waals surface area contributed by atoms with Crippen LogP contribution in [-0.2, 0) is 19.3 Å². The third-order valence-corrected chi connectivity index (χ3v) is 3.72. The Bertz CT molecular complexity index is 522. The minimum absolute atomic E-state index is 0.543. The molecule has 94 valence electrons. The third kappa shape index (κ3) is 2.57. The summed E-state index contributed by atoms with van der Waals surface area (Å²) in [4.78, 5) is 7.14. The number of benzene rings is 1. The van der Waals surface area contributed by atoms with Gasteiger partial charge in [-0.1, -0.05) is 17.7 Å². The number of nitrogens with zero attached hydrogens (tertiary/aromatic N) is 1. The van der Waals surface area contributed by atoms with Crippen molar-refractivity contribution in [1.29, 1.82) is 0 Å². The first kappa shape index (κ1) is 11.8. The lowest BCUT2D eigenvalue weighted by Gasteiger charge is -2.10. The second kappa shape index (κ2) is 5.12. The van der Waals surface area contributed by atoms with Gasteiger partial charge < -0.3 is 10.3 Å². The predicted octanol–water partition coefficient (Wildman–Crippen LogP) is 2.36. The largest absolute Gasteiger partial charge is 0.348 e. The highest BCUT2D eigenvalue weighted by Crippen LogP contribution is 2.25. The molecule has 1 unspecified atom stereocenters. The molecule has 0 saturated heterocycles. The van der Waals surface area contributed by atoms with E-state index in [1.807, 2.05) is 12.3 Å². The fraction of sp³-hybridized carbons (Fsp3) is 0.357. The van der Waals surface area contributed by atoms with E-state index in [2.05, 4.69) is 27.4 Å². The van der Waals surface area contributed by atoms with Crippen molar-refractivity contribution in [3.63, 3.8) is 0 Å². The Balaban J connectivity index is 1.52. The molecule has 2 aromatic rings. The number of aromatic nitrogens is 2. The maximum absolute atomic E-state index is 6.01. The summed E-state index contributed by atoms with van der Waals surface area (Å²) in [6, 6.07) is 6.76. The SMILES string of the molecule is Clc1ccc2c(c1)CC(NCCc1cnc[nH]1)C2. The van der Waals surface area contributed by atoms with Crippen LogP contribution in [0.1, 0.15) is 16.8 Å². The lowest BCUT2D eigenvalue weighted by atomic mass is 10.1. The van der Waals surface area contributed by atoms with Crippen molar-refractivity contribution in [2.45, 2.75) is 25.3 Å². The van der Waals surface area contributed by atoms with Gasteiger partial charge in [0.15, 0.2) is 0 Å². The monoisotopic (exact) mass is 261 g/mol. The summed E-state index contributed by atoms with van der Waals surface area (Å²) >= 11 is 6.01. The van der Waals surface area contributed by atoms with Gasteiger partial charge in [0.25, 0.3) is 0 Å². The van der Waals surface area contributed by atoms with Crippen molar-refractivity contribution >= 4 is 11.6 Å². The first-order chi connectivity index (χ1) is 8.81. The summed E-state index contributed by atoms with van der Waals surface area (Å²) in [5.41, 5.74) is 4.00. The second-order valence-corrected chi connectivity index (χ2v) is 5.24. The van der Waals surface area contributed by atoms with Crippen molar-refractivity contribution in [2.24, 2.45) is 0 Å². The van der Waals surface area contributed by atoms with Gasteiger partial charge in [-0.05, 0) is 36.1 Å². The van der Waals surface area contributed by atoms with E-state index in [1.54, 1.807) is 6.33 Å². The summed E-state index contributed by atoms with van der Waals surface area (Å²) < 4.78 is 0. The van der Waals surface area contributed by atoms with Crippen LogP contribution in [0.25, 0.3) is 0 Å². The maximum Gasteiger partial charge on any atom is 0.0921 e. The van der Waals surface area contributed by atoms with Crippen molar-refractivity contribution in [2.75, 3.05) is 6.54 Å². The molecule has 0 saturated carbocycles. The summed E-state index contributed by atoms with van der Waals surface area (Å²) in [6.07, 6.45) is 6.79.